The van der Waals surface area contributed by atoms with Gasteiger partial charge in [-0.05, 0) is 31.4 Å². The van der Waals surface area contributed by atoms with E-state index >= 15 is 0 Å². The van der Waals surface area contributed by atoms with Crippen LogP contribution in [0.2, 0.25) is 0 Å². The van der Waals surface area contributed by atoms with E-state index in [1.165, 1.54) is 11.3 Å². The molecule has 2 heteroatoms. The van der Waals surface area contributed by atoms with Gasteiger partial charge in [0.25, 0.3) is 0 Å². The van der Waals surface area contributed by atoms with Gasteiger partial charge in [-0.1, -0.05) is 0 Å². The third-order valence-electron chi connectivity index (χ3n) is 1.52. The summed E-state index contributed by atoms with van der Waals surface area (Å²) in [5, 5.41) is 0. The van der Waals surface area contributed by atoms with Crippen molar-refractivity contribution in [3.63, 3.8) is 0 Å². The van der Waals surface area contributed by atoms with Crippen molar-refractivity contribution in [2.24, 2.45) is 0 Å². The molecule has 0 aromatic carbocycles. The second-order valence-corrected chi connectivity index (χ2v) is 3.58. The molecular formula is C9H8OS. The maximum atomic E-state index is 11.0. The van der Waals surface area contributed by atoms with E-state index in [4.69, 9.17) is 6.42 Å². The van der Waals surface area contributed by atoms with Crippen molar-refractivity contribution in [2.45, 2.75) is 13.8 Å². The molecule has 0 saturated heterocycles. The predicted octanol–water partition coefficient (Wildman–Crippen LogP) is 2.18. The Morgan fingerprint density at radius 1 is 1.64 bits per heavy atom. The molecule has 0 unspecified atom stereocenters. The lowest BCUT2D eigenvalue weighted by atomic mass is 10.2. The number of hydrogen-bond acceptors (Lipinski definition) is 2. The van der Waals surface area contributed by atoms with Gasteiger partial charge in [0, 0.05) is 4.88 Å². The molecule has 0 radical (unpaired) electrons. The van der Waals surface area contributed by atoms with Gasteiger partial charge in [0.05, 0.1) is 4.88 Å². The SMILES string of the molecule is C#CC(=O)c1cc(C)c(C)s1. The minimum absolute atomic E-state index is 0.216. The van der Waals surface area contributed by atoms with E-state index in [2.05, 4.69) is 5.92 Å². The monoisotopic (exact) mass is 164 g/mol. The highest BCUT2D eigenvalue weighted by molar-refractivity contribution is 7.14. The average Bonchev–Trinajstić information content (AvgIpc) is 2.31. The van der Waals surface area contributed by atoms with Gasteiger partial charge in [-0.2, -0.15) is 0 Å². The van der Waals surface area contributed by atoms with Crippen LogP contribution in [0.1, 0.15) is 20.1 Å². The summed E-state index contributed by atoms with van der Waals surface area (Å²) in [5.41, 5.74) is 1.13. The Hall–Kier alpha value is -1.07. The molecule has 1 rings (SSSR count). The van der Waals surface area contributed by atoms with E-state index in [1.54, 1.807) is 0 Å². The first-order valence-corrected chi connectivity index (χ1v) is 4.04. The van der Waals surface area contributed by atoms with E-state index in [0.29, 0.717) is 4.88 Å². The Labute approximate surface area is 70.1 Å². The number of ketones is 1. The number of thiophene rings is 1. The second kappa shape index (κ2) is 2.89. The van der Waals surface area contributed by atoms with Gasteiger partial charge in [-0.3, -0.25) is 4.79 Å². The van der Waals surface area contributed by atoms with Crippen LogP contribution in [0.4, 0.5) is 0 Å². The molecule has 0 amide bonds. The minimum Gasteiger partial charge on any atom is -0.278 e. The molecule has 1 aromatic heterocycles. The zero-order chi connectivity index (χ0) is 8.43. The van der Waals surface area contributed by atoms with E-state index in [9.17, 15) is 4.79 Å². The highest BCUT2D eigenvalue weighted by Crippen LogP contribution is 2.20. The van der Waals surface area contributed by atoms with Crippen LogP contribution in [-0.2, 0) is 0 Å². The van der Waals surface area contributed by atoms with Gasteiger partial charge in [-0.15, -0.1) is 17.8 Å². The van der Waals surface area contributed by atoms with Gasteiger partial charge in [0.15, 0.2) is 0 Å². The summed E-state index contributed by atoms with van der Waals surface area (Å²) in [6, 6.07) is 1.84. The fourth-order valence-corrected chi connectivity index (χ4v) is 1.69. The van der Waals surface area contributed by atoms with Crippen molar-refractivity contribution in [2.75, 3.05) is 0 Å². The third kappa shape index (κ3) is 1.50. The number of hydrogen-bond donors (Lipinski definition) is 0. The molecule has 1 heterocycles. The quantitative estimate of drug-likeness (QED) is 0.353. The minimum atomic E-state index is -0.216. The summed E-state index contributed by atoms with van der Waals surface area (Å²) in [6.45, 7) is 3.95. The number of terminal acetylenes is 1. The maximum absolute atomic E-state index is 11.0. The molecule has 0 spiro atoms. The lowest BCUT2D eigenvalue weighted by molar-refractivity contribution is 0.106. The lowest BCUT2D eigenvalue weighted by Gasteiger charge is -1.80. The zero-order valence-electron chi connectivity index (χ0n) is 6.47. The van der Waals surface area contributed by atoms with Gasteiger partial charge >= 0.3 is 0 Å². The van der Waals surface area contributed by atoms with E-state index < -0.39 is 0 Å². The Kier molecular flexibility index (Phi) is 2.11. The van der Waals surface area contributed by atoms with Crippen LogP contribution in [0, 0.1) is 26.2 Å². The molecular weight excluding hydrogens is 156 g/mol. The Balaban J connectivity index is 3.09. The van der Waals surface area contributed by atoms with Crippen molar-refractivity contribution in [1.82, 2.24) is 0 Å². The highest BCUT2D eigenvalue weighted by Gasteiger charge is 2.06. The Morgan fingerprint density at radius 3 is 2.64 bits per heavy atom. The van der Waals surface area contributed by atoms with E-state index in [-0.39, 0.29) is 5.78 Å². The highest BCUT2D eigenvalue weighted by atomic mass is 32.1. The first-order chi connectivity index (χ1) is 5.15. The summed E-state index contributed by atoms with van der Waals surface area (Å²) in [4.78, 5) is 12.8. The fraction of sp³-hybridized carbons (Fsp3) is 0.222. The normalized spacial score (nSPS) is 9.18. The van der Waals surface area contributed by atoms with Crippen LogP contribution in [0.3, 0.4) is 0 Å². The summed E-state index contributed by atoms with van der Waals surface area (Å²) in [7, 11) is 0. The van der Waals surface area contributed by atoms with E-state index in [1.807, 2.05) is 19.9 Å². The molecule has 56 valence electrons. The van der Waals surface area contributed by atoms with Crippen LogP contribution in [0.15, 0.2) is 6.07 Å². The molecule has 0 aliphatic heterocycles. The van der Waals surface area contributed by atoms with Crippen LogP contribution in [-0.4, -0.2) is 5.78 Å². The number of rotatable bonds is 1. The Bertz CT molecular complexity index is 308. The van der Waals surface area contributed by atoms with Crippen molar-refractivity contribution >= 4 is 17.1 Å². The lowest BCUT2D eigenvalue weighted by Crippen LogP contribution is -1.87. The molecule has 0 aliphatic carbocycles. The second-order valence-electron chi connectivity index (χ2n) is 2.32. The number of carbonyl (C=O) groups excluding carboxylic acids is 1. The maximum Gasteiger partial charge on any atom is 0.245 e. The molecule has 0 fully saturated rings. The van der Waals surface area contributed by atoms with Crippen molar-refractivity contribution in [1.29, 1.82) is 0 Å². The van der Waals surface area contributed by atoms with Gasteiger partial charge in [0.1, 0.15) is 0 Å². The van der Waals surface area contributed by atoms with Crippen LogP contribution in [0.25, 0.3) is 0 Å². The summed E-state index contributed by atoms with van der Waals surface area (Å²) >= 11 is 1.45. The topological polar surface area (TPSA) is 17.1 Å². The van der Waals surface area contributed by atoms with Gasteiger partial charge in [0.2, 0.25) is 5.78 Å². The zero-order valence-corrected chi connectivity index (χ0v) is 7.29. The molecule has 0 aliphatic rings. The molecule has 1 aromatic rings. The summed E-state index contributed by atoms with van der Waals surface area (Å²) in [5.74, 6) is 1.88. The number of carbonyl (C=O) groups is 1. The predicted molar refractivity (Wildman–Crippen MR) is 47.0 cm³/mol. The fourth-order valence-electron chi connectivity index (χ4n) is 0.756. The number of aryl methyl sites for hydroxylation is 2. The van der Waals surface area contributed by atoms with Gasteiger partial charge < -0.3 is 0 Å². The Morgan fingerprint density at radius 2 is 2.27 bits per heavy atom. The molecule has 0 saturated carbocycles. The first kappa shape index (κ1) is 8.03. The molecule has 0 atom stereocenters. The summed E-state index contributed by atoms with van der Waals surface area (Å²) in [6.07, 6.45) is 4.97. The largest absolute Gasteiger partial charge is 0.278 e. The van der Waals surface area contributed by atoms with Gasteiger partial charge in [-0.25, -0.2) is 0 Å². The molecule has 1 nitrogen and oxygen atoms in total. The molecule has 11 heavy (non-hydrogen) atoms. The molecule has 0 bridgehead atoms. The first-order valence-electron chi connectivity index (χ1n) is 3.23. The molecule has 0 N–H and O–H groups in total. The third-order valence-corrected chi connectivity index (χ3v) is 2.67. The number of Topliss-reactive ketones (excluding diaryl/α,β-unsaturated/α-hetero) is 1. The summed E-state index contributed by atoms with van der Waals surface area (Å²) < 4.78 is 0. The van der Waals surface area contributed by atoms with Crippen molar-refractivity contribution in [3.8, 4) is 12.3 Å². The van der Waals surface area contributed by atoms with Crippen molar-refractivity contribution in [3.05, 3.63) is 21.4 Å². The standard InChI is InChI=1S/C9H8OS/c1-4-8(10)9-5-6(2)7(3)11-9/h1,5H,2-3H3. The smallest absolute Gasteiger partial charge is 0.245 e. The van der Waals surface area contributed by atoms with E-state index in [0.717, 1.165) is 10.4 Å². The van der Waals surface area contributed by atoms with Crippen LogP contribution < -0.4 is 0 Å². The average molecular weight is 164 g/mol. The van der Waals surface area contributed by atoms with Crippen LogP contribution >= 0.6 is 11.3 Å². The van der Waals surface area contributed by atoms with Crippen LogP contribution in [0.5, 0.6) is 0 Å². The van der Waals surface area contributed by atoms with Crippen molar-refractivity contribution < 1.29 is 4.79 Å².